The molecular weight excluding hydrogens is 248 g/mol. The smallest absolute Gasteiger partial charge is 0.325 e. The van der Waals surface area contributed by atoms with Gasteiger partial charge in [-0.1, -0.05) is 0 Å². The largest absolute Gasteiger partial charge is 0.352 e. The van der Waals surface area contributed by atoms with Crippen LogP contribution in [0.5, 0.6) is 0 Å². The predicted molar refractivity (Wildman–Crippen MR) is 67.5 cm³/mol. The summed E-state index contributed by atoms with van der Waals surface area (Å²) >= 11 is 0. The lowest BCUT2D eigenvalue weighted by molar-refractivity contribution is -0.120. The fourth-order valence-electron chi connectivity index (χ4n) is 1.55. The van der Waals surface area contributed by atoms with Crippen LogP contribution in [0, 0.1) is 0 Å². The minimum absolute atomic E-state index is 0.0513. The highest BCUT2D eigenvalue weighted by atomic mass is 16.2. The topological polar surface area (TPSA) is 108 Å². The van der Waals surface area contributed by atoms with Gasteiger partial charge in [0, 0.05) is 30.7 Å². The number of nitrogens with zero attached hydrogens (tertiary/aromatic N) is 1. The van der Waals surface area contributed by atoms with Crippen molar-refractivity contribution in [2.75, 3.05) is 0 Å². The summed E-state index contributed by atoms with van der Waals surface area (Å²) in [6.45, 7) is 0.370. The van der Waals surface area contributed by atoms with E-state index in [1.807, 2.05) is 4.98 Å². The summed E-state index contributed by atoms with van der Waals surface area (Å²) in [6, 6.07) is 4.76. The van der Waals surface area contributed by atoms with Gasteiger partial charge in [-0.25, -0.2) is 4.79 Å². The van der Waals surface area contributed by atoms with Gasteiger partial charge in [0.1, 0.15) is 0 Å². The zero-order valence-corrected chi connectivity index (χ0v) is 9.97. The van der Waals surface area contributed by atoms with E-state index < -0.39 is 11.2 Å². The van der Waals surface area contributed by atoms with Crippen LogP contribution >= 0.6 is 0 Å². The summed E-state index contributed by atoms with van der Waals surface area (Å²) in [7, 11) is 0. The zero-order chi connectivity index (χ0) is 13.7. The summed E-state index contributed by atoms with van der Waals surface area (Å²) in [6.07, 6.45) is 3.22. The molecule has 98 valence electrons. The van der Waals surface area contributed by atoms with Crippen molar-refractivity contribution in [3.63, 3.8) is 0 Å². The molecule has 7 nitrogen and oxygen atoms in total. The van der Waals surface area contributed by atoms with Crippen molar-refractivity contribution in [1.29, 1.82) is 0 Å². The number of carbonyl (C=O) groups excluding carboxylic acids is 1. The Morgan fingerprint density at radius 3 is 2.63 bits per heavy atom. The van der Waals surface area contributed by atoms with Gasteiger partial charge < -0.3 is 10.3 Å². The second-order valence-electron chi connectivity index (χ2n) is 3.92. The molecule has 0 atom stereocenters. The normalized spacial score (nSPS) is 10.1. The van der Waals surface area contributed by atoms with Gasteiger partial charge in [0.15, 0.2) is 0 Å². The highest BCUT2D eigenvalue weighted by molar-refractivity contribution is 5.77. The number of aromatic amines is 2. The van der Waals surface area contributed by atoms with E-state index in [1.165, 1.54) is 6.07 Å². The lowest BCUT2D eigenvalue weighted by Crippen LogP contribution is -2.28. The average molecular weight is 260 g/mol. The Hall–Kier alpha value is -2.70. The zero-order valence-electron chi connectivity index (χ0n) is 9.97. The van der Waals surface area contributed by atoms with Crippen LogP contribution in [0.1, 0.15) is 11.3 Å². The monoisotopic (exact) mass is 260 g/mol. The van der Waals surface area contributed by atoms with Crippen molar-refractivity contribution < 1.29 is 4.79 Å². The molecule has 19 heavy (non-hydrogen) atoms. The maximum Gasteiger partial charge on any atom is 0.325 e. The van der Waals surface area contributed by atoms with E-state index in [9.17, 15) is 14.4 Å². The van der Waals surface area contributed by atoms with Crippen molar-refractivity contribution in [2.24, 2.45) is 0 Å². The summed E-state index contributed by atoms with van der Waals surface area (Å²) in [5.74, 6) is -0.280. The first-order valence-electron chi connectivity index (χ1n) is 5.61. The molecular formula is C12H12N4O3. The van der Waals surface area contributed by atoms with Gasteiger partial charge in [0.05, 0.1) is 6.42 Å². The second kappa shape index (κ2) is 5.76. The molecule has 0 spiro atoms. The van der Waals surface area contributed by atoms with E-state index in [4.69, 9.17) is 0 Å². The van der Waals surface area contributed by atoms with Crippen LogP contribution in [0.4, 0.5) is 0 Å². The number of H-pyrrole nitrogens is 2. The summed E-state index contributed by atoms with van der Waals surface area (Å²) in [4.78, 5) is 42.0. The van der Waals surface area contributed by atoms with Gasteiger partial charge in [0.2, 0.25) is 5.91 Å². The number of rotatable bonds is 4. The maximum absolute atomic E-state index is 11.6. The number of amides is 1. The molecule has 2 rings (SSSR count). The fraction of sp³-hybridized carbons (Fsp3) is 0.167. The van der Waals surface area contributed by atoms with E-state index in [-0.39, 0.29) is 18.0 Å². The highest BCUT2D eigenvalue weighted by Crippen LogP contribution is 1.95. The third-order valence-corrected chi connectivity index (χ3v) is 2.41. The Balaban J connectivity index is 1.94. The molecule has 7 heteroatoms. The van der Waals surface area contributed by atoms with Crippen molar-refractivity contribution in [3.05, 3.63) is 62.7 Å². The van der Waals surface area contributed by atoms with Gasteiger partial charge in [0.25, 0.3) is 5.56 Å². The van der Waals surface area contributed by atoms with Crippen LogP contribution in [-0.2, 0) is 17.8 Å². The standard InChI is InChI=1S/C12H12N4O3/c17-10(14-7-8-1-3-13-4-2-8)5-9-6-11(18)16-12(19)15-9/h1-4,6H,5,7H2,(H,14,17)(H2,15,16,18,19). The molecule has 2 aromatic heterocycles. The maximum atomic E-state index is 11.6. The average Bonchev–Trinajstić information content (AvgIpc) is 2.36. The van der Waals surface area contributed by atoms with Crippen LogP contribution < -0.4 is 16.6 Å². The van der Waals surface area contributed by atoms with E-state index >= 15 is 0 Å². The lowest BCUT2D eigenvalue weighted by Gasteiger charge is -2.04. The Labute approximate surface area is 107 Å². The van der Waals surface area contributed by atoms with Crippen LogP contribution in [0.25, 0.3) is 0 Å². The van der Waals surface area contributed by atoms with Gasteiger partial charge >= 0.3 is 5.69 Å². The Bertz CT molecular complexity index is 647. The van der Waals surface area contributed by atoms with Crippen molar-refractivity contribution in [1.82, 2.24) is 20.3 Å². The summed E-state index contributed by atoms with van der Waals surface area (Å²) in [5.41, 5.74) is 0.0499. The fourth-order valence-corrected chi connectivity index (χ4v) is 1.55. The third-order valence-electron chi connectivity index (χ3n) is 2.41. The highest BCUT2D eigenvalue weighted by Gasteiger charge is 2.05. The Morgan fingerprint density at radius 2 is 1.95 bits per heavy atom. The quantitative estimate of drug-likeness (QED) is 0.676. The molecule has 0 aliphatic rings. The lowest BCUT2D eigenvalue weighted by atomic mass is 10.2. The Morgan fingerprint density at radius 1 is 1.21 bits per heavy atom. The summed E-state index contributed by atoms with van der Waals surface area (Å²) in [5, 5.41) is 2.69. The van der Waals surface area contributed by atoms with Crippen LogP contribution in [0.3, 0.4) is 0 Å². The van der Waals surface area contributed by atoms with Crippen molar-refractivity contribution in [2.45, 2.75) is 13.0 Å². The van der Waals surface area contributed by atoms with Gasteiger partial charge in [-0.3, -0.25) is 19.6 Å². The summed E-state index contributed by atoms with van der Waals surface area (Å²) < 4.78 is 0. The first-order chi connectivity index (χ1) is 9.13. The number of carbonyl (C=O) groups is 1. The van der Waals surface area contributed by atoms with E-state index in [0.717, 1.165) is 5.56 Å². The molecule has 2 heterocycles. The third kappa shape index (κ3) is 3.91. The molecule has 0 aliphatic carbocycles. The Kier molecular flexibility index (Phi) is 3.87. The first kappa shape index (κ1) is 12.7. The van der Waals surface area contributed by atoms with E-state index in [1.54, 1.807) is 24.5 Å². The molecule has 0 aliphatic heterocycles. The SMILES string of the molecule is O=C(Cc1cc(=O)[nH]c(=O)[nH]1)NCc1ccncc1. The van der Waals surface area contributed by atoms with Gasteiger partial charge in [-0.05, 0) is 17.7 Å². The molecule has 0 unspecified atom stereocenters. The molecule has 0 radical (unpaired) electrons. The first-order valence-corrected chi connectivity index (χ1v) is 5.61. The van der Waals surface area contributed by atoms with E-state index in [0.29, 0.717) is 6.54 Å². The van der Waals surface area contributed by atoms with Gasteiger partial charge in [-0.15, -0.1) is 0 Å². The van der Waals surface area contributed by atoms with Crippen molar-refractivity contribution >= 4 is 5.91 Å². The second-order valence-corrected chi connectivity index (χ2v) is 3.92. The molecule has 0 fully saturated rings. The molecule has 0 saturated heterocycles. The molecule has 2 aromatic rings. The van der Waals surface area contributed by atoms with Crippen molar-refractivity contribution in [3.8, 4) is 0 Å². The molecule has 0 aromatic carbocycles. The van der Waals surface area contributed by atoms with Crippen LogP contribution in [0.15, 0.2) is 40.2 Å². The van der Waals surface area contributed by atoms with E-state index in [2.05, 4.69) is 15.3 Å². The molecule has 1 amide bonds. The number of hydrogen-bond acceptors (Lipinski definition) is 4. The molecule has 0 saturated carbocycles. The minimum atomic E-state index is -0.621. The number of nitrogens with one attached hydrogen (secondary N) is 3. The minimum Gasteiger partial charge on any atom is -0.352 e. The van der Waals surface area contributed by atoms with Gasteiger partial charge in [-0.2, -0.15) is 0 Å². The number of pyridine rings is 1. The van der Waals surface area contributed by atoms with Crippen LogP contribution in [0.2, 0.25) is 0 Å². The predicted octanol–water partition coefficient (Wildman–Crippen LogP) is -0.683. The number of hydrogen-bond donors (Lipinski definition) is 3. The molecule has 3 N–H and O–H groups in total. The molecule has 0 bridgehead atoms. The van der Waals surface area contributed by atoms with Crippen LogP contribution in [-0.4, -0.2) is 20.9 Å². The number of aromatic nitrogens is 3.